The molecule has 0 saturated heterocycles. The summed E-state index contributed by atoms with van der Waals surface area (Å²) in [5, 5.41) is 21.0. The fourth-order valence-corrected chi connectivity index (χ4v) is 2.19. The van der Waals surface area contributed by atoms with E-state index in [1.54, 1.807) is 0 Å². The van der Waals surface area contributed by atoms with Gasteiger partial charge in [-0.2, -0.15) is 5.26 Å². The van der Waals surface area contributed by atoms with Gasteiger partial charge in [-0.1, -0.05) is 19.3 Å². The molecule has 0 bridgehead atoms. The number of rotatable bonds is 6. The van der Waals surface area contributed by atoms with Gasteiger partial charge in [0.2, 0.25) is 0 Å². The molecule has 16 heavy (non-hydrogen) atoms. The minimum Gasteiger partial charge on any atom is -0.394 e. The van der Waals surface area contributed by atoms with Gasteiger partial charge < -0.3 is 15.2 Å². The number of aliphatic hydroxyl groups is 1. The Morgan fingerprint density at radius 3 is 2.81 bits per heavy atom. The smallest absolute Gasteiger partial charge is 0.0698 e. The first-order valence-corrected chi connectivity index (χ1v) is 6.20. The molecule has 4 heteroatoms. The normalized spacial score (nSPS) is 26.0. The van der Waals surface area contributed by atoms with Crippen molar-refractivity contribution >= 4 is 0 Å². The second-order valence-corrected chi connectivity index (χ2v) is 4.27. The van der Waals surface area contributed by atoms with E-state index in [4.69, 9.17) is 15.1 Å². The monoisotopic (exact) mass is 226 g/mol. The second-order valence-electron chi connectivity index (χ2n) is 4.27. The van der Waals surface area contributed by atoms with Crippen LogP contribution in [0, 0.1) is 17.2 Å². The highest BCUT2D eigenvalue weighted by molar-refractivity contribution is 4.93. The van der Waals surface area contributed by atoms with E-state index in [0.29, 0.717) is 19.3 Å². The van der Waals surface area contributed by atoms with Crippen LogP contribution in [0.2, 0.25) is 0 Å². The van der Waals surface area contributed by atoms with Crippen LogP contribution in [-0.2, 0) is 4.74 Å². The maximum atomic E-state index is 9.07. The van der Waals surface area contributed by atoms with Crippen LogP contribution in [0.25, 0.3) is 0 Å². The van der Waals surface area contributed by atoms with E-state index in [-0.39, 0.29) is 12.5 Å². The zero-order chi connectivity index (χ0) is 11.6. The van der Waals surface area contributed by atoms with Gasteiger partial charge in [-0.05, 0) is 12.8 Å². The molecule has 0 aliphatic heterocycles. The molecule has 1 rings (SSSR count). The Morgan fingerprint density at radius 2 is 2.06 bits per heavy atom. The summed E-state index contributed by atoms with van der Waals surface area (Å²) < 4.78 is 5.18. The summed E-state index contributed by atoms with van der Waals surface area (Å²) in [5.74, 6) is 0.153. The van der Waals surface area contributed by atoms with Crippen LogP contribution in [0.5, 0.6) is 0 Å². The number of aliphatic hydroxyl groups excluding tert-OH is 1. The zero-order valence-corrected chi connectivity index (χ0v) is 9.82. The highest BCUT2D eigenvalue weighted by Gasteiger charge is 2.22. The standard InChI is InChI=1S/C12H22N2O2/c13-10-11-4-2-1-3-5-12(11)14-6-8-16-9-7-15/h11-12,14-15H,1-9H2. The van der Waals surface area contributed by atoms with Crippen molar-refractivity contribution in [3.05, 3.63) is 0 Å². The van der Waals surface area contributed by atoms with Gasteiger partial charge in [0.15, 0.2) is 0 Å². The van der Waals surface area contributed by atoms with E-state index >= 15 is 0 Å². The molecule has 2 atom stereocenters. The van der Waals surface area contributed by atoms with Crippen LogP contribution in [0.15, 0.2) is 0 Å². The van der Waals surface area contributed by atoms with Gasteiger partial charge in [0, 0.05) is 12.6 Å². The van der Waals surface area contributed by atoms with Gasteiger partial charge in [0.25, 0.3) is 0 Å². The van der Waals surface area contributed by atoms with Crippen LogP contribution in [0.1, 0.15) is 32.1 Å². The Morgan fingerprint density at radius 1 is 1.25 bits per heavy atom. The third-order valence-corrected chi connectivity index (χ3v) is 3.07. The van der Waals surface area contributed by atoms with E-state index < -0.39 is 0 Å². The first-order chi connectivity index (χ1) is 7.88. The van der Waals surface area contributed by atoms with Crippen molar-refractivity contribution in [2.24, 2.45) is 5.92 Å². The Hall–Kier alpha value is -0.630. The molecule has 0 heterocycles. The molecular weight excluding hydrogens is 204 g/mol. The fourth-order valence-electron chi connectivity index (χ4n) is 2.19. The lowest BCUT2D eigenvalue weighted by Gasteiger charge is -2.20. The predicted molar refractivity (Wildman–Crippen MR) is 61.9 cm³/mol. The van der Waals surface area contributed by atoms with Crippen LogP contribution >= 0.6 is 0 Å². The van der Waals surface area contributed by atoms with Crippen LogP contribution in [0.4, 0.5) is 0 Å². The largest absolute Gasteiger partial charge is 0.394 e. The third kappa shape index (κ3) is 4.93. The van der Waals surface area contributed by atoms with E-state index in [1.165, 1.54) is 19.3 Å². The molecule has 0 aromatic carbocycles. The highest BCUT2D eigenvalue weighted by atomic mass is 16.5. The number of hydrogen-bond acceptors (Lipinski definition) is 4. The molecule has 0 amide bonds. The van der Waals surface area contributed by atoms with E-state index in [9.17, 15) is 0 Å². The molecule has 1 fully saturated rings. The summed E-state index contributed by atoms with van der Waals surface area (Å²) in [6.45, 7) is 1.84. The summed E-state index contributed by atoms with van der Waals surface area (Å²) in [6, 6.07) is 2.73. The molecule has 92 valence electrons. The summed E-state index contributed by atoms with van der Waals surface area (Å²) in [5.41, 5.74) is 0. The summed E-state index contributed by atoms with van der Waals surface area (Å²) in [6.07, 6.45) is 5.76. The lowest BCUT2D eigenvalue weighted by Crippen LogP contribution is -2.37. The van der Waals surface area contributed by atoms with E-state index in [1.807, 2.05) is 0 Å². The Kier molecular flexibility index (Phi) is 7.15. The molecule has 0 aromatic rings. The Balaban J connectivity index is 2.19. The van der Waals surface area contributed by atoms with Gasteiger partial charge in [0.1, 0.15) is 0 Å². The molecule has 2 unspecified atom stereocenters. The molecule has 1 aliphatic rings. The fraction of sp³-hybridized carbons (Fsp3) is 0.917. The predicted octanol–water partition coefficient (Wildman–Crippen LogP) is 1.06. The van der Waals surface area contributed by atoms with Crippen molar-refractivity contribution in [2.75, 3.05) is 26.4 Å². The summed E-state index contributed by atoms with van der Waals surface area (Å²) >= 11 is 0. The van der Waals surface area contributed by atoms with Gasteiger partial charge in [-0.25, -0.2) is 0 Å². The number of nitrogens with one attached hydrogen (secondary N) is 1. The minimum atomic E-state index is 0.0737. The number of nitrogens with zero attached hydrogens (tertiary/aromatic N) is 1. The first-order valence-electron chi connectivity index (χ1n) is 6.20. The van der Waals surface area contributed by atoms with Crippen molar-refractivity contribution in [3.8, 4) is 6.07 Å². The molecule has 1 aliphatic carbocycles. The van der Waals surface area contributed by atoms with Gasteiger partial charge in [0.05, 0.1) is 31.8 Å². The van der Waals surface area contributed by atoms with E-state index in [2.05, 4.69) is 11.4 Å². The SMILES string of the molecule is N#CC1CCCCCC1NCCOCCO. The van der Waals surface area contributed by atoms with Crippen LogP contribution < -0.4 is 5.32 Å². The lowest BCUT2D eigenvalue weighted by atomic mass is 9.96. The van der Waals surface area contributed by atoms with Crippen molar-refractivity contribution in [1.82, 2.24) is 5.32 Å². The lowest BCUT2D eigenvalue weighted by molar-refractivity contribution is 0.0917. The molecule has 2 N–H and O–H groups in total. The van der Waals surface area contributed by atoms with Crippen molar-refractivity contribution < 1.29 is 9.84 Å². The zero-order valence-electron chi connectivity index (χ0n) is 9.82. The van der Waals surface area contributed by atoms with Crippen LogP contribution in [0.3, 0.4) is 0 Å². The minimum absolute atomic E-state index is 0.0737. The topological polar surface area (TPSA) is 65.3 Å². The Labute approximate surface area is 97.6 Å². The maximum Gasteiger partial charge on any atom is 0.0698 e. The third-order valence-electron chi connectivity index (χ3n) is 3.07. The second kappa shape index (κ2) is 8.51. The van der Waals surface area contributed by atoms with Gasteiger partial charge in [-0.3, -0.25) is 0 Å². The van der Waals surface area contributed by atoms with Crippen molar-refractivity contribution in [3.63, 3.8) is 0 Å². The molecule has 4 nitrogen and oxygen atoms in total. The number of hydrogen-bond donors (Lipinski definition) is 2. The molecule has 0 spiro atoms. The molecule has 0 aromatic heterocycles. The number of nitriles is 1. The van der Waals surface area contributed by atoms with Crippen molar-refractivity contribution in [2.45, 2.75) is 38.1 Å². The van der Waals surface area contributed by atoms with E-state index in [0.717, 1.165) is 19.4 Å². The average molecular weight is 226 g/mol. The molecular formula is C12H22N2O2. The summed E-state index contributed by atoms with van der Waals surface area (Å²) in [4.78, 5) is 0. The highest BCUT2D eigenvalue weighted by Crippen LogP contribution is 2.22. The molecule has 1 saturated carbocycles. The van der Waals surface area contributed by atoms with Gasteiger partial charge in [-0.15, -0.1) is 0 Å². The Bertz CT molecular complexity index is 216. The average Bonchev–Trinajstić information content (AvgIpc) is 2.53. The maximum absolute atomic E-state index is 9.07. The first kappa shape index (κ1) is 13.4. The molecule has 0 radical (unpaired) electrons. The van der Waals surface area contributed by atoms with Gasteiger partial charge >= 0.3 is 0 Å². The number of ether oxygens (including phenoxy) is 1. The van der Waals surface area contributed by atoms with Crippen molar-refractivity contribution in [1.29, 1.82) is 5.26 Å². The van der Waals surface area contributed by atoms with Crippen LogP contribution in [-0.4, -0.2) is 37.5 Å². The quantitative estimate of drug-likeness (QED) is 0.525. The summed E-state index contributed by atoms with van der Waals surface area (Å²) in [7, 11) is 0.